The third kappa shape index (κ3) is 3.98. The minimum atomic E-state index is -2.03. The summed E-state index contributed by atoms with van der Waals surface area (Å²) in [6.07, 6.45) is 3.94. The number of primary amides is 1. The lowest BCUT2D eigenvalue weighted by molar-refractivity contribution is -0.176. The molecule has 0 bridgehead atoms. The van der Waals surface area contributed by atoms with E-state index in [9.17, 15) is 4.79 Å². The van der Waals surface area contributed by atoms with E-state index >= 15 is 0 Å². The fourth-order valence-corrected chi connectivity index (χ4v) is 5.33. The predicted octanol–water partition coefficient (Wildman–Crippen LogP) is 3.91. The molecule has 4 heterocycles. The first-order valence-electron chi connectivity index (χ1n) is 10.9. The van der Waals surface area contributed by atoms with Crippen LogP contribution in [0.15, 0.2) is 36.7 Å². The number of pyridine rings is 2. The molecule has 2 N–H and O–H groups in total. The number of aryl methyl sites for hydroxylation is 1. The number of hydrogen-bond acceptors (Lipinski definition) is 5. The molecule has 0 unspecified atom stereocenters. The first-order valence-corrected chi connectivity index (χ1v) is 13.8. The van der Waals surface area contributed by atoms with Crippen LogP contribution in [0.25, 0.3) is 22.2 Å². The molecule has 1 amide bonds. The average molecular weight is 453 g/mol. The molecule has 1 saturated heterocycles. The summed E-state index contributed by atoms with van der Waals surface area (Å²) in [6, 6.07) is 7.99. The monoisotopic (exact) mass is 452 g/mol. The summed E-state index contributed by atoms with van der Waals surface area (Å²) in [4.78, 5) is 20.8. The SMILES string of the molecule is Cn1cc(-c2cccc(C3(O[Si](C)(C)C(C)(C)C)COC3)n2)c2cc(CC(N)=O)ncc21. The van der Waals surface area contributed by atoms with Gasteiger partial charge in [0.25, 0.3) is 0 Å². The number of nitrogens with two attached hydrogens (primary N) is 1. The minimum absolute atomic E-state index is 0.0899. The topological polar surface area (TPSA) is 92.3 Å². The molecule has 8 heteroatoms. The third-order valence-corrected chi connectivity index (χ3v) is 11.2. The van der Waals surface area contributed by atoms with Crippen molar-refractivity contribution in [2.45, 2.75) is 50.9 Å². The molecule has 0 spiro atoms. The Morgan fingerprint density at radius 3 is 2.62 bits per heavy atom. The van der Waals surface area contributed by atoms with Gasteiger partial charge in [0.05, 0.1) is 48.4 Å². The summed E-state index contributed by atoms with van der Waals surface area (Å²) >= 11 is 0. The maximum absolute atomic E-state index is 11.4. The van der Waals surface area contributed by atoms with Gasteiger partial charge in [0.1, 0.15) is 5.60 Å². The van der Waals surface area contributed by atoms with Gasteiger partial charge in [0.15, 0.2) is 8.32 Å². The summed E-state index contributed by atoms with van der Waals surface area (Å²) in [5.74, 6) is -0.399. The highest BCUT2D eigenvalue weighted by molar-refractivity contribution is 6.74. The van der Waals surface area contributed by atoms with Gasteiger partial charge in [-0.05, 0) is 36.3 Å². The molecule has 3 aromatic rings. The van der Waals surface area contributed by atoms with Crippen molar-refractivity contribution in [2.75, 3.05) is 13.2 Å². The van der Waals surface area contributed by atoms with E-state index in [0.717, 1.165) is 27.9 Å². The lowest BCUT2D eigenvalue weighted by atomic mass is 9.96. The number of amides is 1. The van der Waals surface area contributed by atoms with Gasteiger partial charge >= 0.3 is 0 Å². The third-order valence-electron chi connectivity index (χ3n) is 6.71. The summed E-state index contributed by atoms with van der Waals surface area (Å²) in [5, 5.41) is 1.08. The second-order valence-corrected chi connectivity index (χ2v) is 15.0. The Balaban J connectivity index is 1.76. The molecule has 7 nitrogen and oxygen atoms in total. The van der Waals surface area contributed by atoms with E-state index in [2.05, 4.69) is 38.8 Å². The molecular weight excluding hydrogens is 420 g/mol. The first-order chi connectivity index (χ1) is 14.9. The summed E-state index contributed by atoms with van der Waals surface area (Å²) in [7, 11) is -0.0493. The van der Waals surface area contributed by atoms with Crippen molar-refractivity contribution in [2.24, 2.45) is 12.8 Å². The Bertz CT molecular complexity index is 1180. The molecule has 0 aromatic carbocycles. The van der Waals surface area contributed by atoms with Crippen LogP contribution in [-0.4, -0.2) is 42.0 Å². The number of hydrogen-bond donors (Lipinski definition) is 1. The minimum Gasteiger partial charge on any atom is -0.402 e. The first kappa shape index (κ1) is 22.6. The number of nitrogens with zero attached hydrogens (tertiary/aromatic N) is 3. The molecule has 1 aliphatic rings. The van der Waals surface area contributed by atoms with E-state index in [4.69, 9.17) is 19.9 Å². The molecule has 170 valence electrons. The van der Waals surface area contributed by atoms with Crippen LogP contribution in [0.3, 0.4) is 0 Å². The molecule has 0 aliphatic carbocycles. The zero-order chi connectivity index (χ0) is 23.3. The van der Waals surface area contributed by atoms with Crippen molar-refractivity contribution in [1.82, 2.24) is 14.5 Å². The zero-order valence-electron chi connectivity index (χ0n) is 19.7. The predicted molar refractivity (Wildman–Crippen MR) is 128 cm³/mol. The highest BCUT2D eigenvalue weighted by Gasteiger charge is 2.50. The second kappa shape index (κ2) is 7.79. The Hall–Kier alpha value is -2.55. The van der Waals surface area contributed by atoms with Crippen molar-refractivity contribution in [3.05, 3.63) is 48.0 Å². The molecule has 4 rings (SSSR count). The smallest absolute Gasteiger partial charge is 0.223 e. The van der Waals surface area contributed by atoms with E-state index in [1.165, 1.54) is 0 Å². The van der Waals surface area contributed by atoms with E-state index in [1.54, 1.807) is 6.20 Å². The fourth-order valence-electron chi connectivity index (χ4n) is 3.83. The van der Waals surface area contributed by atoms with Gasteiger partial charge < -0.3 is 19.5 Å². The fraction of sp³-hybridized carbons (Fsp3) is 0.458. The highest BCUT2D eigenvalue weighted by atomic mass is 28.4. The Kier molecular flexibility index (Phi) is 5.51. The van der Waals surface area contributed by atoms with Crippen molar-refractivity contribution in [3.8, 4) is 11.3 Å². The van der Waals surface area contributed by atoms with E-state index in [-0.39, 0.29) is 11.5 Å². The van der Waals surface area contributed by atoms with Crippen LogP contribution in [0.2, 0.25) is 18.1 Å². The van der Waals surface area contributed by atoms with Gasteiger partial charge in [-0.1, -0.05) is 26.8 Å². The van der Waals surface area contributed by atoms with Crippen molar-refractivity contribution < 1.29 is 14.0 Å². The molecule has 3 aromatic heterocycles. The normalized spacial score (nSPS) is 16.2. The van der Waals surface area contributed by atoms with Gasteiger partial charge in [-0.3, -0.25) is 9.78 Å². The lowest BCUT2D eigenvalue weighted by Crippen LogP contribution is -2.57. The number of carbonyl (C=O) groups excluding carboxylic acids is 1. The Morgan fingerprint density at radius 1 is 1.31 bits per heavy atom. The van der Waals surface area contributed by atoms with Crippen LogP contribution in [0, 0.1) is 0 Å². The zero-order valence-corrected chi connectivity index (χ0v) is 20.7. The number of carbonyl (C=O) groups is 1. The van der Waals surface area contributed by atoms with E-state index in [0.29, 0.717) is 18.9 Å². The van der Waals surface area contributed by atoms with Gasteiger partial charge in [0, 0.05) is 24.2 Å². The van der Waals surface area contributed by atoms with Gasteiger partial charge in [-0.15, -0.1) is 0 Å². The van der Waals surface area contributed by atoms with Gasteiger partial charge in [-0.25, -0.2) is 4.98 Å². The van der Waals surface area contributed by atoms with Crippen LogP contribution < -0.4 is 5.73 Å². The largest absolute Gasteiger partial charge is 0.402 e. The highest BCUT2D eigenvalue weighted by Crippen LogP contribution is 2.44. The summed E-state index contributed by atoms with van der Waals surface area (Å²) < 4.78 is 14.5. The summed E-state index contributed by atoms with van der Waals surface area (Å²) in [5.41, 5.74) is 9.23. The van der Waals surface area contributed by atoms with Gasteiger partial charge in [-0.2, -0.15) is 0 Å². The Labute approximate surface area is 190 Å². The maximum atomic E-state index is 11.4. The quantitative estimate of drug-likeness (QED) is 0.573. The van der Waals surface area contributed by atoms with Crippen LogP contribution in [0.1, 0.15) is 32.2 Å². The molecule has 0 radical (unpaired) electrons. The van der Waals surface area contributed by atoms with Gasteiger partial charge in [0.2, 0.25) is 5.91 Å². The molecular formula is C24H32N4O3Si. The number of aromatic nitrogens is 3. The van der Waals surface area contributed by atoms with E-state index < -0.39 is 19.8 Å². The number of ether oxygens (including phenoxy) is 1. The molecule has 1 fully saturated rings. The molecule has 1 aliphatic heterocycles. The average Bonchev–Trinajstić information content (AvgIpc) is 2.99. The van der Waals surface area contributed by atoms with Crippen LogP contribution in [-0.2, 0) is 33.0 Å². The summed E-state index contributed by atoms with van der Waals surface area (Å²) in [6.45, 7) is 12.3. The number of fused-ring (bicyclic) bond motifs is 1. The van der Waals surface area contributed by atoms with Crippen molar-refractivity contribution in [1.29, 1.82) is 0 Å². The lowest BCUT2D eigenvalue weighted by Gasteiger charge is -2.49. The standard InChI is InChI=1S/C24H32N4O3Si/c1-23(2,3)32(5,6)31-24(14-30-15-24)21-9-7-8-19(27-21)18-13-28(4)20-12-26-16(10-17(18)20)11-22(25)29/h7-10,12-13H,11,14-15H2,1-6H3,(H2,25,29). The van der Waals surface area contributed by atoms with Crippen molar-refractivity contribution >= 4 is 25.1 Å². The molecule has 0 atom stereocenters. The van der Waals surface area contributed by atoms with Crippen molar-refractivity contribution in [3.63, 3.8) is 0 Å². The molecule has 0 saturated carbocycles. The van der Waals surface area contributed by atoms with E-state index in [1.807, 2.05) is 42.1 Å². The van der Waals surface area contributed by atoms with Crippen LogP contribution in [0.4, 0.5) is 0 Å². The second-order valence-electron chi connectivity index (χ2n) is 10.2. The molecule has 32 heavy (non-hydrogen) atoms. The Morgan fingerprint density at radius 2 is 2.03 bits per heavy atom. The number of rotatable bonds is 6. The maximum Gasteiger partial charge on any atom is 0.223 e. The van der Waals surface area contributed by atoms with Crippen LogP contribution in [0.5, 0.6) is 0 Å². The van der Waals surface area contributed by atoms with Crippen LogP contribution >= 0.6 is 0 Å².